The molecule has 1 aliphatic rings. The van der Waals surface area contributed by atoms with Gasteiger partial charge < -0.3 is 32.1 Å². The Kier molecular flexibility index (Phi) is 14.1. The molecule has 7 N–H and O–H groups in total. The van der Waals surface area contributed by atoms with Crippen molar-refractivity contribution in [3.63, 3.8) is 0 Å². The van der Waals surface area contributed by atoms with Crippen molar-refractivity contribution in [3.8, 4) is 0 Å². The van der Waals surface area contributed by atoms with E-state index in [4.69, 9.17) is 5.73 Å². The van der Waals surface area contributed by atoms with Gasteiger partial charge in [-0.05, 0) is 76.0 Å². The van der Waals surface area contributed by atoms with Gasteiger partial charge in [0.05, 0.1) is 6.04 Å². The summed E-state index contributed by atoms with van der Waals surface area (Å²) >= 11 is 1.49. The van der Waals surface area contributed by atoms with E-state index in [0.29, 0.717) is 44.4 Å². The van der Waals surface area contributed by atoms with Crippen LogP contribution in [-0.4, -0.2) is 78.1 Å². The Morgan fingerprint density at radius 3 is 2.24 bits per heavy atom. The molecule has 1 aliphatic heterocycles. The van der Waals surface area contributed by atoms with Crippen LogP contribution in [0.3, 0.4) is 0 Å². The van der Waals surface area contributed by atoms with Crippen LogP contribution < -0.4 is 27.0 Å². The fourth-order valence-corrected chi connectivity index (χ4v) is 4.15. The Balaban J connectivity index is 2.88. The lowest BCUT2D eigenvalue weighted by molar-refractivity contribution is -0.142. The van der Waals surface area contributed by atoms with Gasteiger partial charge in [-0.3, -0.25) is 14.4 Å². The number of rotatable bonds is 16. The number of amides is 3. The van der Waals surface area contributed by atoms with Crippen molar-refractivity contribution < 1.29 is 24.3 Å². The zero-order valence-corrected chi connectivity index (χ0v) is 20.8. The summed E-state index contributed by atoms with van der Waals surface area (Å²) in [5.41, 5.74) is 5.57. The summed E-state index contributed by atoms with van der Waals surface area (Å²) in [5, 5.41) is 20.7. The molecule has 0 aliphatic carbocycles. The molecule has 10 nitrogen and oxygen atoms in total. The van der Waals surface area contributed by atoms with E-state index in [1.165, 1.54) is 11.8 Å². The van der Waals surface area contributed by atoms with Crippen LogP contribution in [0.5, 0.6) is 0 Å². The molecule has 0 aromatic heterocycles. The monoisotopic (exact) mass is 487 g/mol. The maximum Gasteiger partial charge on any atom is 0.326 e. The number of thioether (sulfide) groups is 1. The van der Waals surface area contributed by atoms with E-state index in [0.717, 1.165) is 13.0 Å². The summed E-state index contributed by atoms with van der Waals surface area (Å²) < 4.78 is 0. The van der Waals surface area contributed by atoms with Crippen molar-refractivity contribution in [1.29, 1.82) is 0 Å². The number of carbonyl (C=O) groups excluding carboxylic acids is 3. The summed E-state index contributed by atoms with van der Waals surface area (Å²) in [6.45, 7) is 5.08. The summed E-state index contributed by atoms with van der Waals surface area (Å²) in [5.74, 6) is -1.65. The largest absolute Gasteiger partial charge is 0.480 e. The minimum absolute atomic E-state index is 0.0866. The van der Waals surface area contributed by atoms with Gasteiger partial charge in [0.15, 0.2) is 0 Å². The average molecular weight is 488 g/mol. The topological polar surface area (TPSA) is 163 Å². The highest BCUT2D eigenvalue weighted by Gasteiger charge is 2.31. The first kappa shape index (κ1) is 29.2. The number of carboxylic acid groups (broad SMARTS) is 1. The molecule has 1 saturated heterocycles. The minimum Gasteiger partial charge on any atom is -0.480 e. The van der Waals surface area contributed by atoms with Crippen LogP contribution in [0.2, 0.25) is 0 Å². The third-order valence-corrected chi connectivity index (χ3v) is 6.17. The second-order valence-corrected chi connectivity index (χ2v) is 9.85. The Hall–Kier alpha value is -1.85. The van der Waals surface area contributed by atoms with E-state index in [2.05, 4.69) is 21.3 Å². The highest BCUT2D eigenvalue weighted by Crippen LogP contribution is 2.10. The lowest BCUT2D eigenvalue weighted by Gasteiger charge is -2.26. The van der Waals surface area contributed by atoms with E-state index >= 15 is 0 Å². The van der Waals surface area contributed by atoms with Gasteiger partial charge in [0.1, 0.15) is 18.1 Å². The van der Waals surface area contributed by atoms with Gasteiger partial charge in [0, 0.05) is 0 Å². The second-order valence-electron chi connectivity index (χ2n) is 8.87. The molecule has 190 valence electrons. The predicted octanol–water partition coefficient (Wildman–Crippen LogP) is 0.206. The molecule has 0 spiro atoms. The summed E-state index contributed by atoms with van der Waals surface area (Å²) in [7, 11) is 0. The van der Waals surface area contributed by atoms with Crippen molar-refractivity contribution >= 4 is 35.5 Å². The zero-order chi connectivity index (χ0) is 24.8. The van der Waals surface area contributed by atoms with E-state index in [1.54, 1.807) is 0 Å². The van der Waals surface area contributed by atoms with Crippen molar-refractivity contribution in [2.75, 3.05) is 25.1 Å². The molecule has 0 saturated carbocycles. The molecule has 4 atom stereocenters. The number of hydrogen-bond acceptors (Lipinski definition) is 7. The molecule has 1 heterocycles. The molecule has 0 bridgehead atoms. The van der Waals surface area contributed by atoms with E-state index < -0.39 is 35.9 Å². The van der Waals surface area contributed by atoms with Crippen LogP contribution >= 0.6 is 11.8 Å². The van der Waals surface area contributed by atoms with Gasteiger partial charge >= 0.3 is 5.97 Å². The molecule has 0 aromatic rings. The molecule has 11 heteroatoms. The molecular weight excluding hydrogens is 446 g/mol. The molecule has 0 radical (unpaired) electrons. The lowest BCUT2D eigenvalue weighted by Crippen LogP contribution is -2.57. The molecular formula is C22H41N5O5S. The van der Waals surface area contributed by atoms with E-state index in [-0.39, 0.29) is 24.3 Å². The zero-order valence-electron chi connectivity index (χ0n) is 20.0. The Morgan fingerprint density at radius 2 is 1.70 bits per heavy atom. The third kappa shape index (κ3) is 11.2. The maximum absolute atomic E-state index is 13.1. The van der Waals surface area contributed by atoms with Crippen LogP contribution in [0.4, 0.5) is 0 Å². The van der Waals surface area contributed by atoms with Crippen LogP contribution in [0.25, 0.3) is 0 Å². The number of nitrogens with one attached hydrogen (secondary N) is 4. The molecule has 1 fully saturated rings. The first-order valence-electron chi connectivity index (χ1n) is 11.8. The molecule has 4 unspecified atom stereocenters. The van der Waals surface area contributed by atoms with Crippen LogP contribution in [-0.2, 0) is 19.2 Å². The Bertz CT molecular complexity index is 643. The summed E-state index contributed by atoms with van der Waals surface area (Å²) in [6, 6.07) is -3.03. The normalized spacial score (nSPS) is 18.4. The molecule has 33 heavy (non-hydrogen) atoms. The summed E-state index contributed by atoms with van der Waals surface area (Å²) in [4.78, 5) is 50.1. The van der Waals surface area contributed by atoms with Gasteiger partial charge in [0.2, 0.25) is 17.7 Å². The maximum atomic E-state index is 13.1. The van der Waals surface area contributed by atoms with E-state index in [1.807, 2.05) is 20.1 Å². The van der Waals surface area contributed by atoms with Gasteiger partial charge in [-0.25, -0.2) is 4.79 Å². The SMILES string of the molecule is CSCCC(NC(=O)C(CC(C)C)NC(=O)C(CCCCN)NC(=O)C1CCCN1)C(=O)O. The van der Waals surface area contributed by atoms with Crippen molar-refractivity contribution in [1.82, 2.24) is 21.3 Å². The predicted molar refractivity (Wildman–Crippen MR) is 130 cm³/mol. The lowest BCUT2D eigenvalue weighted by atomic mass is 10.0. The number of unbranched alkanes of at least 4 members (excludes halogenated alkanes) is 1. The van der Waals surface area contributed by atoms with Crippen LogP contribution in [0.15, 0.2) is 0 Å². The van der Waals surface area contributed by atoms with Crippen molar-refractivity contribution in [2.24, 2.45) is 11.7 Å². The van der Waals surface area contributed by atoms with Crippen molar-refractivity contribution in [2.45, 2.75) is 83.0 Å². The fourth-order valence-electron chi connectivity index (χ4n) is 3.68. The highest BCUT2D eigenvalue weighted by atomic mass is 32.2. The first-order valence-corrected chi connectivity index (χ1v) is 13.1. The van der Waals surface area contributed by atoms with Gasteiger partial charge in [0.25, 0.3) is 0 Å². The van der Waals surface area contributed by atoms with Gasteiger partial charge in [-0.2, -0.15) is 11.8 Å². The van der Waals surface area contributed by atoms with Crippen LogP contribution in [0, 0.1) is 5.92 Å². The number of aliphatic carboxylic acids is 1. The smallest absolute Gasteiger partial charge is 0.326 e. The summed E-state index contributed by atoms with van der Waals surface area (Å²) in [6.07, 6.45) is 5.90. The number of carbonyl (C=O) groups is 4. The molecule has 3 amide bonds. The first-order chi connectivity index (χ1) is 15.7. The highest BCUT2D eigenvalue weighted by molar-refractivity contribution is 7.98. The quantitative estimate of drug-likeness (QED) is 0.168. The Labute approximate surface area is 200 Å². The molecule has 0 aromatic carbocycles. The second kappa shape index (κ2) is 15.9. The fraction of sp³-hybridized carbons (Fsp3) is 0.818. The minimum atomic E-state index is -1.11. The van der Waals surface area contributed by atoms with Crippen molar-refractivity contribution in [3.05, 3.63) is 0 Å². The Morgan fingerprint density at radius 1 is 1.03 bits per heavy atom. The number of nitrogens with two attached hydrogens (primary N) is 1. The van der Waals surface area contributed by atoms with Gasteiger partial charge in [-0.15, -0.1) is 0 Å². The number of carboxylic acids is 1. The van der Waals surface area contributed by atoms with Gasteiger partial charge in [-0.1, -0.05) is 13.8 Å². The average Bonchev–Trinajstić information content (AvgIpc) is 3.29. The third-order valence-electron chi connectivity index (χ3n) is 5.52. The van der Waals surface area contributed by atoms with E-state index in [9.17, 15) is 24.3 Å². The standard InChI is InChI=1S/C22H41N5O5S/c1-14(2)13-18(21(30)26-17(22(31)32)9-12-33-3)27-20(29)16(7-4-5-10-23)25-19(28)15-8-6-11-24-15/h14-18,24H,4-13,23H2,1-3H3,(H,25,28)(H,26,30)(H,27,29)(H,31,32). The number of hydrogen-bond donors (Lipinski definition) is 6. The molecule has 1 rings (SSSR count). The van der Waals surface area contributed by atoms with Crippen LogP contribution in [0.1, 0.15) is 58.8 Å².